The van der Waals surface area contributed by atoms with Crippen molar-refractivity contribution in [1.82, 2.24) is 35.1 Å². The molecular weight excluding hydrogens is 536 g/mol. The minimum Gasteiger partial charge on any atom is -0.486 e. The number of amides is 3. The van der Waals surface area contributed by atoms with E-state index in [1.165, 1.54) is 0 Å². The third-order valence-electron chi connectivity index (χ3n) is 6.86. The van der Waals surface area contributed by atoms with Crippen LogP contribution in [0.2, 0.25) is 5.15 Å². The van der Waals surface area contributed by atoms with E-state index >= 15 is 0 Å². The predicted molar refractivity (Wildman–Crippen MR) is 149 cm³/mol. The number of rotatable bonds is 8. The van der Waals surface area contributed by atoms with E-state index in [9.17, 15) is 9.59 Å². The van der Waals surface area contributed by atoms with Crippen LogP contribution in [0.1, 0.15) is 38.3 Å². The van der Waals surface area contributed by atoms with Crippen LogP contribution in [0.15, 0.2) is 43.0 Å². The zero-order valence-electron chi connectivity index (χ0n) is 22.5. The van der Waals surface area contributed by atoms with E-state index in [4.69, 9.17) is 26.1 Å². The molecule has 3 aromatic rings. The summed E-state index contributed by atoms with van der Waals surface area (Å²) in [5.74, 6) is 2.18. The number of aromatic nitrogens is 4. The second-order valence-corrected chi connectivity index (χ2v) is 10.1. The number of urea groups is 1. The number of fused-ring (bicyclic) bond motifs is 1. The zero-order valence-corrected chi connectivity index (χ0v) is 23.3. The van der Waals surface area contributed by atoms with E-state index in [-0.39, 0.29) is 35.6 Å². The average Bonchev–Trinajstić information content (AvgIpc) is 3.50. The molecular formula is C27H33ClN8O4. The van der Waals surface area contributed by atoms with Gasteiger partial charge in [0, 0.05) is 51.1 Å². The molecule has 0 radical (unpaired) electrons. The van der Waals surface area contributed by atoms with Crippen molar-refractivity contribution in [2.75, 3.05) is 44.3 Å². The molecule has 2 unspecified atom stereocenters. The Kier molecular flexibility index (Phi) is 8.54. The van der Waals surface area contributed by atoms with Crippen molar-refractivity contribution < 1.29 is 19.1 Å². The molecule has 0 spiro atoms. The molecule has 2 N–H and O–H groups in total. The number of hydrogen-bond acceptors (Lipinski definition) is 8. The molecule has 40 heavy (non-hydrogen) atoms. The number of benzene rings is 1. The second kappa shape index (κ2) is 12.4. The SMILES string of the molecule is CCCNC(=O)N1CCN(c2cc(Cl)nc(-n3ccnc3)n2)C(CC(=O)NC(C)c2ccc3c(c2)OCCO3)C1. The van der Waals surface area contributed by atoms with Gasteiger partial charge in [-0.1, -0.05) is 24.6 Å². The number of anilines is 1. The fraction of sp³-hybridized carbons (Fsp3) is 0.444. The predicted octanol–water partition coefficient (Wildman–Crippen LogP) is 2.96. The maximum Gasteiger partial charge on any atom is 0.317 e. The van der Waals surface area contributed by atoms with Crippen LogP contribution in [0, 0.1) is 0 Å². The lowest BCUT2D eigenvalue weighted by atomic mass is 10.0. The minimum atomic E-state index is -0.338. The first-order valence-corrected chi connectivity index (χ1v) is 13.8. The van der Waals surface area contributed by atoms with Gasteiger partial charge in [0.15, 0.2) is 11.5 Å². The molecule has 0 aliphatic carbocycles. The van der Waals surface area contributed by atoms with Crippen LogP contribution >= 0.6 is 11.6 Å². The van der Waals surface area contributed by atoms with Crippen molar-refractivity contribution in [3.05, 3.63) is 53.7 Å². The van der Waals surface area contributed by atoms with E-state index in [0.717, 1.165) is 12.0 Å². The van der Waals surface area contributed by atoms with Crippen molar-refractivity contribution in [1.29, 1.82) is 0 Å². The average molecular weight is 569 g/mol. The molecule has 0 saturated carbocycles. The first-order valence-electron chi connectivity index (χ1n) is 13.4. The van der Waals surface area contributed by atoms with Gasteiger partial charge >= 0.3 is 6.03 Å². The third kappa shape index (κ3) is 6.39. The van der Waals surface area contributed by atoms with E-state index < -0.39 is 0 Å². The summed E-state index contributed by atoms with van der Waals surface area (Å²) >= 11 is 6.38. The van der Waals surface area contributed by atoms with Gasteiger partial charge < -0.3 is 29.9 Å². The van der Waals surface area contributed by atoms with E-state index in [0.29, 0.717) is 62.7 Å². The van der Waals surface area contributed by atoms with Crippen molar-refractivity contribution in [3.8, 4) is 17.4 Å². The Hall–Kier alpha value is -4.06. The maximum absolute atomic E-state index is 13.3. The molecule has 0 bridgehead atoms. The summed E-state index contributed by atoms with van der Waals surface area (Å²) in [5.41, 5.74) is 0.909. The highest BCUT2D eigenvalue weighted by molar-refractivity contribution is 6.29. The number of ether oxygens (including phenoxy) is 2. The van der Waals surface area contributed by atoms with E-state index in [2.05, 4.69) is 20.6 Å². The first kappa shape index (κ1) is 27.5. The number of halogens is 1. The van der Waals surface area contributed by atoms with E-state index in [1.54, 1.807) is 34.3 Å². The fourth-order valence-corrected chi connectivity index (χ4v) is 4.99. The summed E-state index contributed by atoms with van der Waals surface area (Å²) in [6.07, 6.45) is 5.94. The van der Waals surface area contributed by atoms with Crippen LogP contribution in [0.4, 0.5) is 10.6 Å². The highest BCUT2D eigenvalue weighted by Gasteiger charge is 2.33. The quantitative estimate of drug-likeness (QED) is 0.397. The van der Waals surface area contributed by atoms with Gasteiger partial charge in [0.05, 0.1) is 12.1 Å². The summed E-state index contributed by atoms with van der Waals surface area (Å²) in [4.78, 5) is 43.0. The number of piperazine rings is 1. The van der Waals surface area contributed by atoms with Crippen molar-refractivity contribution in [2.24, 2.45) is 0 Å². The van der Waals surface area contributed by atoms with Gasteiger partial charge in [-0.25, -0.2) is 14.8 Å². The number of carbonyl (C=O) groups is 2. The lowest BCUT2D eigenvalue weighted by molar-refractivity contribution is -0.122. The third-order valence-corrected chi connectivity index (χ3v) is 7.05. The summed E-state index contributed by atoms with van der Waals surface area (Å²) < 4.78 is 13.0. The molecule has 3 amide bonds. The Bertz CT molecular complexity index is 1340. The molecule has 1 aromatic carbocycles. The summed E-state index contributed by atoms with van der Waals surface area (Å²) in [7, 11) is 0. The molecule has 2 atom stereocenters. The molecule has 2 aliphatic heterocycles. The van der Waals surface area contributed by atoms with Crippen molar-refractivity contribution in [2.45, 2.75) is 38.8 Å². The van der Waals surface area contributed by atoms with Crippen LogP contribution in [0.3, 0.4) is 0 Å². The Morgan fingerprint density at radius 1 is 1.15 bits per heavy atom. The molecule has 12 nitrogen and oxygen atoms in total. The van der Waals surface area contributed by atoms with Gasteiger partial charge in [-0.05, 0) is 31.0 Å². The first-order chi connectivity index (χ1) is 19.4. The van der Waals surface area contributed by atoms with Crippen LogP contribution in [0.25, 0.3) is 5.95 Å². The molecule has 1 fully saturated rings. The largest absolute Gasteiger partial charge is 0.486 e. The molecule has 212 valence electrons. The maximum atomic E-state index is 13.3. The van der Waals surface area contributed by atoms with Gasteiger partial charge in [0.1, 0.15) is 30.5 Å². The van der Waals surface area contributed by atoms with Gasteiger partial charge in [-0.3, -0.25) is 9.36 Å². The topological polar surface area (TPSA) is 127 Å². The number of nitrogens with zero attached hydrogens (tertiary/aromatic N) is 6. The van der Waals surface area contributed by atoms with Gasteiger partial charge in [-0.15, -0.1) is 0 Å². The second-order valence-electron chi connectivity index (χ2n) is 9.74. The Morgan fingerprint density at radius 2 is 1.98 bits per heavy atom. The molecule has 1 saturated heterocycles. The lowest BCUT2D eigenvalue weighted by Gasteiger charge is -2.42. The number of nitrogens with one attached hydrogen (secondary N) is 2. The summed E-state index contributed by atoms with van der Waals surface area (Å²) in [5, 5.41) is 6.30. The fourth-order valence-electron chi connectivity index (χ4n) is 4.82. The summed E-state index contributed by atoms with van der Waals surface area (Å²) in [6, 6.07) is 6.62. The van der Waals surface area contributed by atoms with Gasteiger partial charge in [0.2, 0.25) is 11.9 Å². The molecule has 4 heterocycles. The number of imidazole rings is 1. The zero-order chi connectivity index (χ0) is 28.1. The Labute approximate surface area is 237 Å². The standard InChI is InChI=1S/C27H33ClN8O4/c1-3-6-30-27(38)34-9-10-36(24-15-23(28)32-26(33-24)35-8-7-29-17-35)20(16-34)14-25(37)31-18(2)19-4-5-21-22(13-19)40-12-11-39-21/h4-5,7-8,13,15,17-18,20H,3,6,9-12,14,16H2,1-2H3,(H,30,38)(H,31,37). The molecule has 2 aliphatic rings. The molecule has 13 heteroatoms. The normalized spacial score (nSPS) is 17.3. The Morgan fingerprint density at radius 3 is 2.75 bits per heavy atom. The van der Waals surface area contributed by atoms with Gasteiger partial charge in [0.25, 0.3) is 0 Å². The van der Waals surface area contributed by atoms with Gasteiger partial charge in [-0.2, -0.15) is 4.98 Å². The molecule has 2 aromatic heterocycles. The minimum absolute atomic E-state index is 0.142. The smallest absolute Gasteiger partial charge is 0.317 e. The lowest BCUT2D eigenvalue weighted by Crippen LogP contribution is -2.58. The van der Waals surface area contributed by atoms with Crippen molar-refractivity contribution in [3.63, 3.8) is 0 Å². The monoisotopic (exact) mass is 568 g/mol. The van der Waals surface area contributed by atoms with Crippen LogP contribution in [-0.4, -0.2) is 81.8 Å². The van der Waals surface area contributed by atoms with Crippen LogP contribution in [0.5, 0.6) is 11.5 Å². The highest BCUT2D eigenvalue weighted by Crippen LogP contribution is 2.32. The molecule has 5 rings (SSSR count). The van der Waals surface area contributed by atoms with Crippen LogP contribution < -0.4 is 25.0 Å². The Balaban J connectivity index is 1.34. The summed E-state index contributed by atoms with van der Waals surface area (Å²) in [6.45, 7) is 6.84. The number of hydrogen-bond donors (Lipinski definition) is 2. The van der Waals surface area contributed by atoms with Crippen LogP contribution in [-0.2, 0) is 4.79 Å². The highest BCUT2D eigenvalue weighted by atomic mass is 35.5. The number of carbonyl (C=O) groups excluding carboxylic acids is 2. The van der Waals surface area contributed by atoms with E-state index in [1.807, 2.05) is 36.9 Å². The van der Waals surface area contributed by atoms with Crippen molar-refractivity contribution >= 4 is 29.4 Å².